The molecule has 27 heavy (non-hydrogen) atoms. The van der Waals surface area contributed by atoms with Crippen molar-refractivity contribution in [3.05, 3.63) is 58.9 Å². The van der Waals surface area contributed by atoms with Crippen molar-refractivity contribution in [1.29, 1.82) is 0 Å². The molecule has 9 heteroatoms. The Bertz CT molecular complexity index is 1030. The Hall–Kier alpha value is -3.88. The maximum absolute atomic E-state index is 12.5. The third kappa shape index (κ3) is 2.40. The minimum Gasteiger partial charge on any atom is -0.481 e. The summed E-state index contributed by atoms with van der Waals surface area (Å²) in [4.78, 5) is 66.2. The van der Waals surface area contributed by atoms with Crippen LogP contribution in [0.1, 0.15) is 48.0 Å². The lowest BCUT2D eigenvalue weighted by Crippen LogP contribution is -2.32. The molecule has 0 atom stereocenters. The first kappa shape index (κ1) is 16.6. The number of aliphatic carboxylic acids is 1. The molecule has 1 N–H and O–H groups in total. The fourth-order valence-electron chi connectivity index (χ4n) is 3.13. The van der Waals surface area contributed by atoms with Crippen LogP contribution in [0.25, 0.3) is 0 Å². The number of imide groups is 2. The first-order valence-corrected chi connectivity index (χ1v) is 7.96. The molecule has 0 saturated carbocycles. The topological polar surface area (TPSA) is 125 Å². The van der Waals surface area contributed by atoms with Crippen LogP contribution >= 0.6 is 0 Å². The van der Waals surface area contributed by atoms with E-state index in [2.05, 4.69) is 4.98 Å². The van der Waals surface area contributed by atoms with Gasteiger partial charge in [-0.15, -0.1) is 0 Å². The number of rotatable bonds is 4. The van der Waals surface area contributed by atoms with Crippen molar-refractivity contribution in [2.45, 2.75) is 6.42 Å². The fourth-order valence-corrected chi connectivity index (χ4v) is 3.13. The van der Waals surface area contributed by atoms with E-state index in [1.54, 1.807) is 6.07 Å². The molecule has 0 fully saturated rings. The molecule has 134 valence electrons. The number of benzene rings is 1. The van der Waals surface area contributed by atoms with Crippen molar-refractivity contribution in [3.8, 4) is 0 Å². The summed E-state index contributed by atoms with van der Waals surface area (Å²) >= 11 is 0. The number of hydrogen-bond acceptors (Lipinski definition) is 6. The SMILES string of the molecule is O=C(O)CCN1C(=O)c2ccc(N3C(=O)c4cccnc4C3=O)cc2C1=O. The van der Waals surface area contributed by atoms with E-state index < -0.39 is 29.6 Å². The molecule has 4 amide bonds. The highest BCUT2D eigenvalue weighted by atomic mass is 16.4. The zero-order chi connectivity index (χ0) is 19.3. The van der Waals surface area contributed by atoms with Gasteiger partial charge >= 0.3 is 5.97 Å². The van der Waals surface area contributed by atoms with Gasteiger partial charge in [-0.25, -0.2) is 4.90 Å². The predicted molar refractivity (Wildman–Crippen MR) is 89.4 cm³/mol. The molecule has 0 spiro atoms. The number of nitrogens with zero attached hydrogens (tertiary/aromatic N) is 3. The maximum atomic E-state index is 12.5. The summed E-state index contributed by atoms with van der Waals surface area (Å²) in [6.45, 7) is -0.256. The van der Waals surface area contributed by atoms with E-state index in [-0.39, 0.29) is 41.0 Å². The highest BCUT2D eigenvalue weighted by Gasteiger charge is 2.40. The van der Waals surface area contributed by atoms with Gasteiger partial charge in [0, 0.05) is 12.7 Å². The van der Waals surface area contributed by atoms with Crippen molar-refractivity contribution in [3.63, 3.8) is 0 Å². The lowest BCUT2D eigenvalue weighted by molar-refractivity contribution is -0.137. The number of anilines is 1. The molecule has 2 aliphatic rings. The van der Waals surface area contributed by atoms with E-state index in [0.29, 0.717) is 0 Å². The van der Waals surface area contributed by atoms with Gasteiger partial charge in [-0.05, 0) is 30.3 Å². The van der Waals surface area contributed by atoms with Crippen LogP contribution in [0.4, 0.5) is 5.69 Å². The summed E-state index contributed by atoms with van der Waals surface area (Å²) in [6, 6.07) is 7.06. The molecule has 0 bridgehead atoms. The second-order valence-corrected chi connectivity index (χ2v) is 5.98. The average molecular weight is 365 g/mol. The molecule has 1 aromatic heterocycles. The summed E-state index contributed by atoms with van der Waals surface area (Å²) in [5.41, 5.74) is 0.446. The molecule has 2 aromatic rings. The number of hydrogen-bond donors (Lipinski definition) is 1. The van der Waals surface area contributed by atoms with Crippen molar-refractivity contribution in [1.82, 2.24) is 9.88 Å². The van der Waals surface area contributed by atoms with Gasteiger partial charge in [-0.1, -0.05) is 0 Å². The molecule has 3 heterocycles. The normalized spacial score (nSPS) is 15.4. The highest BCUT2D eigenvalue weighted by molar-refractivity contribution is 6.34. The van der Waals surface area contributed by atoms with Gasteiger partial charge in [0.25, 0.3) is 23.6 Å². The van der Waals surface area contributed by atoms with Gasteiger partial charge in [0.1, 0.15) is 5.69 Å². The Kier molecular flexibility index (Phi) is 3.58. The molecule has 4 rings (SSSR count). The lowest BCUT2D eigenvalue weighted by atomic mass is 10.1. The molecule has 0 unspecified atom stereocenters. The smallest absolute Gasteiger partial charge is 0.305 e. The standard InChI is InChI=1S/C18H11N3O6/c22-13(23)5-7-20-15(24)10-4-3-9(8-12(10)16(20)25)21-17(26)11-2-1-6-19-14(11)18(21)27/h1-4,6,8H,5,7H2,(H,22,23). The largest absolute Gasteiger partial charge is 0.481 e. The van der Waals surface area contributed by atoms with Crippen LogP contribution in [0, 0.1) is 0 Å². The third-order valence-corrected chi connectivity index (χ3v) is 4.41. The van der Waals surface area contributed by atoms with Crippen molar-refractivity contribution >= 4 is 35.3 Å². The fraction of sp³-hybridized carbons (Fsp3) is 0.111. The number of aromatic nitrogens is 1. The Morgan fingerprint density at radius 3 is 2.37 bits per heavy atom. The number of carboxylic acid groups (broad SMARTS) is 1. The maximum Gasteiger partial charge on any atom is 0.305 e. The molecular formula is C18H11N3O6. The summed E-state index contributed by atoms with van der Waals surface area (Å²) in [5, 5.41) is 8.76. The Labute approximate surface area is 151 Å². The molecule has 2 aliphatic heterocycles. The number of carbonyl (C=O) groups is 5. The van der Waals surface area contributed by atoms with Crippen molar-refractivity contribution in [2.24, 2.45) is 0 Å². The predicted octanol–water partition coefficient (Wildman–Crippen LogP) is 0.953. The first-order chi connectivity index (χ1) is 12.9. The van der Waals surface area contributed by atoms with Crippen LogP contribution < -0.4 is 4.90 Å². The summed E-state index contributed by atoms with van der Waals surface area (Å²) < 4.78 is 0. The number of carbonyl (C=O) groups excluding carboxylic acids is 4. The van der Waals surface area contributed by atoms with Crippen molar-refractivity contribution in [2.75, 3.05) is 11.4 Å². The quantitative estimate of drug-likeness (QED) is 0.800. The second-order valence-electron chi connectivity index (χ2n) is 5.98. The molecule has 0 saturated heterocycles. The Morgan fingerprint density at radius 1 is 0.926 bits per heavy atom. The number of carboxylic acids is 1. The molecular weight excluding hydrogens is 354 g/mol. The molecule has 9 nitrogen and oxygen atoms in total. The van der Waals surface area contributed by atoms with Gasteiger partial charge in [-0.2, -0.15) is 0 Å². The number of fused-ring (bicyclic) bond motifs is 2. The third-order valence-electron chi connectivity index (χ3n) is 4.41. The van der Waals surface area contributed by atoms with Gasteiger partial charge in [0.2, 0.25) is 0 Å². The van der Waals surface area contributed by atoms with Gasteiger partial charge in [0.05, 0.1) is 28.8 Å². The van der Waals surface area contributed by atoms with E-state index in [9.17, 15) is 24.0 Å². The van der Waals surface area contributed by atoms with E-state index in [1.807, 2.05) is 0 Å². The summed E-state index contributed by atoms with van der Waals surface area (Å²) in [7, 11) is 0. The van der Waals surface area contributed by atoms with E-state index in [0.717, 1.165) is 9.80 Å². The minimum atomic E-state index is -1.13. The monoisotopic (exact) mass is 365 g/mol. The summed E-state index contributed by atoms with van der Waals surface area (Å²) in [5.74, 6) is -3.58. The first-order valence-electron chi connectivity index (χ1n) is 7.96. The van der Waals surface area contributed by atoms with Crippen LogP contribution in [0.15, 0.2) is 36.5 Å². The van der Waals surface area contributed by atoms with Crippen LogP contribution in [0.5, 0.6) is 0 Å². The Morgan fingerprint density at radius 2 is 1.67 bits per heavy atom. The van der Waals surface area contributed by atoms with E-state index >= 15 is 0 Å². The molecule has 1 aromatic carbocycles. The van der Waals surface area contributed by atoms with Gasteiger partial charge in [0.15, 0.2) is 0 Å². The number of amides is 4. The lowest BCUT2D eigenvalue weighted by Gasteiger charge is -2.14. The van der Waals surface area contributed by atoms with E-state index in [4.69, 9.17) is 5.11 Å². The zero-order valence-corrected chi connectivity index (χ0v) is 13.7. The molecule has 0 radical (unpaired) electrons. The minimum absolute atomic E-state index is 0.0207. The van der Waals surface area contributed by atoms with Crippen LogP contribution in [0.3, 0.4) is 0 Å². The zero-order valence-electron chi connectivity index (χ0n) is 13.7. The van der Waals surface area contributed by atoms with Crippen molar-refractivity contribution < 1.29 is 29.1 Å². The Balaban J connectivity index is 1.69. The van der Waals surface area contributed by atoms with Crippen LogP contribution in [-0.2, 0) is 4.79 Å². The average Bonchev–Trinajstić information content (AvgIpc) is 3.05. The summed E-state index contributed by atoms with van der Waals surface area (Å²) in [6.07, 6.45) is 1.03. The van der Waals surface area contributed by atoms with E-state index in [1.165, 1.54) is 30.5 Å². The second kappa shape index (κ2) is 5.84. The van der Waals surface area contributed by atoms with Crippen LogP contribution in [-0.4, -0.2) is 51.1 Å². The highest BCUT2D eigenvalue weighted by Crippen LogP contribution is 2.31. The van der Waals surface area contributed by atoms with Gasteiger partial charge in [-0.3, -0.25) is 33.9 Å². The number of pyridine rings is 1. The molecule has 0 aliphatic carbocycles. The van der Waals surface area contributed by atoms with Crippen LogP contribution in [0.2, 0.25) is 0 Å². The van der Waals surface area contributed by atoms with Gasteiger partial charge < -0.3 is 5.11 Å².